The van der Waals surface area contributed by atoms with Crippen molar-refractivity contribution in [3.8, 4) is 0 Å². The molecule has 0 saturated carbocycles. The first-order valence-corrected chi connectivity index (χ1v) is 11.7. The average Bonchev–Trinajstić information content (AvgIpc) is 2.84. The monoisotopic (exact) mass is 476 g/mol. The van der Waals surface area contributed by atoms with Crippen LogP contribution in [0.4, 0.5) is 11.4 Å². The third-order valence-electron chi connectivity index (χ3n) is 6.14. The van der Waals surface area contributed by atoms with Gasteiger partial charge in [-0.25, -0.2) is 0 Å². The first-order valence-electron chi connectivity index (χ1n) is 11.3. The lowest BCUT2D eigenvalue weighted by molar-refractivity contribution is -0.136. The van der Waals surface area contributed by atoms with Crippen molar-refractivity contribution in [3.63, 3.8) is 0 Å². The maximum absolute atomic E-state index is 12.6. The molecule has 0 radical (unpaired) electrons. The number of halogens is 1. The predicted molar refractivity (Wildman–Crippen MR) is 137 cm³/mol. The molecule has 1 aliphatic heterocycles. The molecule has 3 aromatic carbocycles. The number of amides is 2. The van der Waals surface area contributed by atoms with Gasteiger partial charge in [-0.2, -0.15) is 0 Å². The van der Waals surface area contributed by atoms with Gasteiger partial charge in [0.05, 0.1) is 6.04 Å². The summed E-state index contributed by atoms with van der Waals surface area (Å²) < 4.78 is 0. The van der Waals surface area contributed by atoms with Crippen LogP contribution in [0.3, 0.4) is 0 Å². The number of anilines is 2. The minimum atomic E-state index is -0.715. The van der Waals surface area contributed by atoms with E-state index in [0.717, 1.165) is 30.8 Å². The van der Waals surface area contributed by atoms with Gasteiger partial charge in [-0.05, 0) is 53.4 Å². The lowest BCUT2D eigenvalue weighted by Gasteiger charge is -2.36. The van der Waals surface area contributed by atoms with E-state index < -0.39 is 11.8 Å². The van der Waals surface area contributed by atoms with Crippen LogP contribution in [0, 0.1) is 0 Å². The second kappa shape index (κ2) is 10.7. The number of rotatable bonds is 6. The van der Waals surface area contributed by atoms with Gasteiger partial charge in [0.25, 0.3) is 0 Å². The average molecular weight is 477 g/mol. The van der Waals surface area contributed by atoms with Gasteiger partial charge in [-0.15, -0.1) is 0 Å². The molecule has 1 unspecified atom stereocenters. The molecular formula is C27H29ClN4O2. The second-order valence-corrected chi connectivity index (χ2v) is 9.10. The highest BCUT2D eigenvalue weighted by atomic mass is 35.5. The Morgan fingerprint density at radius 2 is 1.71 bits per heavy atom. The van der Waals surface area contributed by atoms with Crippen molar-refractivity contribution in [2.45, 2.75) is 19.0 Å². The van der Waals surface area contributed by atoms with Crippen molar-refractivity contribution in [2.75, 3.05) is 37.4 Å². The van der Waals surface area contributed by atoms with Crippen LogP contribution in [0.1, 0.15) is 22.7 Å². The summed E-state index contributed by atoms with van der Waals surface area (Å²) in [6, 6.07) is 23.5. The zero-order valence-electron chi connectivity index (χ0n) is 19.4. The predicted octanol–water partition coefficient (Wildman–Crippen LogP) is 4.26. The van der Waals surface area contributed by atoms with Crippen LogP contribution < -0.4 is 15.5 Å². The molecule has 1 heterocycles. The summed E-state index contributed by atoms with van der Waals surface area (Å²) in [6.45, 7) is 1.99. The van der Waals surface area contributed by atoms with Gasteiger partial charge in [0.2, 0.25) is 0 Å². The maximum Gasteiger partial charge on any atom is 0.313 e. The van der Waals surface area contributed by atoms with E-state index in [1.807, 2.05) is 14.1 Å². The van der Waals surface area contributed by atoms with E-state index in [1.54, 1.807) is 24.3 Å². The van der Waals surface area contributed by atoms with Gasteiger partial charge < -0.3 is 15.5 Å². The highest BCUT2D eigenvalue weighted by molar-refractivity contribution is 6.39. The van der Waals surface area contributed by atoms with Crippen molar-refractivity contribution in [3.05, 3.63) is 94.5 Å². The van der Waals surface area contributed by atoms with Crippen molar-refractivity contribution < 1.29 is 9.59 Å². The SMILES string of the molecule is CN(C)c1ccc(C(CNC(=O)C(=O)Nc2cccc(Cl)c2)N2CCc3ccccc3C2)cc1. The van der Waals surface area contributed by atoms with Crippen LogP contribution in [-0.2, 0) is 22.6 Å². The second-order valence-electron chi connectivity index (χ2n) is 8.67. The highest BCUT2D eigenvalue weighted by Crippen LogP contribution is 2.28. The first kappa shape index (κ1) is 23.8. The molecule has 34 heavy (non-hydrogen) atoms. The summed E-state index contributed by atoms with van der Waals surface area (Å²) in [6.07, 6.45) is 0.950. The molecule has 2 amide bonds. The van der Waals surface area contributed by atoms with Crippen molar-refractivity contribution in [1.29, 1.82) is 0 Å². The standard InChI is InChI=1S/C27H29ClN4O2/c1-31(2)24-12-10-20(11-13-24)25(32-15-14-19-6-3-4-7-21(19)18-32)17-29-26(33)27(34)30-23-9-5-8-22(28)16-23/h3-13,16,25H,14-15,17-18H2,1-2H3,(H,29,33)(H,30,34). The fourth-order valence-electron chi connectivity index (χ4n) is 4.26. The number of carbonyl (C=O) groups is 2. The van der Waals surface area contributed by atoms with E-state index in [2.05, 4.69) is 69.0 Å². The number of benzene rings is 3. The van der Waals surface area contributed by atoms with Crippen molar-refractivity contribution in [2.24, 2.45) is 0 Å². The van der Waals surface area contributed by atoms with Gasteiger partial charge in [0.1, 0.15) is 0 Å². The fourth-order valence-corrected chi connectivity index (χ4v) is 4.45. The van der Waals surface area contributed by atoms with E-state index >= 15 is 0 Å². The molecule has 4 rings (SSSR count). The topological polar surface area (TPSA) is 64.7 Å². The zero-order valence-corrected chi connectivity index (χ0v) is 20.2. The van der Waals surface area contributed by atoms with Gasteiger partial charge in [0.15, 0.2) is 0 Å². The Morgan fingerprint density at radius 3 is 2.41 bits per heavy atom. The molecule has 176 valence electrons. The third kappa shape index (κ3) is 5.76. The Kier molecular flexibility index (Phi) is 7.50. The Morgan fingerprint density at radius 1 is 0.971 bits per heavy atom. The lowest BCUT2D eigenvalue weighted by Crippen LogP contribution is -2.43. The summed E-state index contributed by atoms with van der Waals surface area (Å²) in [4.78, 5) is 29.5. The normalized spacial score (nSPS) is 14.1. The Hall–Kier alpha value is -3.35. The van der Waals surface area contributed by atoms with E-state index in [-0.39, 0.29) is 6.04 Å². The number of carbonyl (C=O) groups excluding carboxylic acids is 2. The molecule has 7 heteroatoms. The van der Waals surface area contributed by atoms with Gasteiger partial charge in [0, 0.05) is 50.1 Å². The quantitative estimate of drug-likeness (QED) is 0.522. The summed E-state index contributed by atoms with van der Waals surface area (Å²) in [5.74, 6) is -1.39. The Bertz CT molecular complexity index is 1160. The number of hydrogen-bond donors (Lipinski definition) is 2. The van der Waals surface area contributed by atoms with Gasteiger partial charge in [-0.1, -0.05) is 54.1 Å². The molecule has 0 fully saturated rings. The van der Waals surface area contributed by atoms with E-state index in [9.17, 15) is 9.59 Å². The molecule has 2 N–H and O–H groups in total. The summed E-state index contributed by atoms with van der Waals surface area (Å²) in [5, 5.41) is 5.93. The third-order valence-corrected chi connectivity index (χ3v) is 6.37. The summed E-state index contributed by atoms with van der Waals surface area (Å²) >= 11 is 5.97. The highest BCUT2D eigenvalue weighted by Gasteiger charge is 2.26. The molecular weight excluding hydrogens is 448 g/mol. The van der Waals surface area contributed by atoms with Crippen LogP contribution >= 0.6 is 11.6 Å². The molecule has 1 aliphatic rings. The number of nitrogens with one attached hydrogen (secondary N) is 2. The van der Waals surface area contributed by atoms with Crippen molar-refractivity contribution in [1.82, 2.24) is 10.2 Å². The Balaban J connectivity index is 1.49. The minimum Gasteiger partial charge on any atom is -0.378 e. The van der Waals surface area contributed by atoms with Crippen LogP contribution in [0.15, 0.2) is 72.8 Å². The maximum atomic E-state index is 12.6. The largest absolute Gasteiger partial charge is 0.378 e. The van der Waals surface area contributed by atoms with Crippen LogP contribution in [0.2, 0.25) is 5.02 Å². The van der Waals surface area contributed by atoms with E-state index in [4.69, 9.17) is 11.6 Å². The number of fused-ring (bicyclic) bond motifs is 1. The molecule has 6 nitrogen and oxygen atoms in total. The summed E-state index contributed by atoms with van der Waals surface area (Å²) in [7, 11) is 4.01. The fraction of sp³-hybridized carbons (Fsp3) is 0.259. The first-order chi connectivity index (χ1) is 16.4. The van der Waals surface area contributed by atoms with Gasteiger partial charge >= 0.3 is 11.8 Å². The number of nitrogens with zero attached hydrogens (tertiary/aromatic N) is 2. The van der Waals surface area contributed by atoms with Crippen LogP contribution in [0.25, 0.3) is 0 Å². The zero-order chi connectivity index (χ0) is 24.1. The summed E-state index contributed by atoms with van der Waals surface area (Å²) in [5.41, 5.74) is 5.35. The number of hydrogen-bond acceptors (Lipinski definition) is 4. The molecule has 0 aromatic heterocycles. The van der Waals surface area contributed by atoms with E-state index in [0.29, 0.717) is 17.3 Å². The molecule has 0 saturated heterocycles. The van der Waals surface area contributed by atoms with Crippen molar-refractivity contribution >= 4 is 34.8 Å². The lowest BCUT2D eigenvalue weighted by atomic mass is 9.96. The van der Waals surface area contributed by atoms with Crippen LogP contribution in [-0.4, -0.2) is 43.9 Å². The molecule has 0 spiro atoms. The van der Waals surface area contributed by atoms with Crippen LogP contribution in [0.5, 0.6) is 0 Å². The molecule has 1 atom stereocenters. The molecule has 0 aliphatic carbocycles. The Labute approximate surface area is 205 Å². The minimum absolute atomic E-state index is 0.0625. The van der Waals surface area contributed by atoms with E-state index in [1.165, 1.54) is 11.1 Å². The smallest absolute Gasteiger partial charge is 0.313 e. The molecule has 3 aromatic rings. The van der Waals surface area contributed by atoms with Gasteiger partial charge in [-0.3, -0.25) is 14.5 Å². The molecule has 0 bridgehead atoms.